The number of halogens is 4. The molecule has 4 aromatic carbocycles. The molecule has 150 valence electrons. The molecule has 0 saturated heterocycles. The molecular weight excluding hydrogens is 392 g/mol. The van der Waals surface area contributed by atoms with E-state index >= 15 is 0 Å². The Labute approximate surface area is 171 Å². The Kier molecular flexibility index (Phi) is 5.53. The summed E-state index contributed by atoms with van der Waals surface area (Å²) in [6.07, 6.45) is 0. The van der Waals surface area contributed by atoms with Gasteiger partial charge in [-0.3, -0.25) is 0 Å². The van der Waals surface area contributed by atoms with Crippen LogP contribution in [0.2, 0.25) is 0 Å². The maximum absolute atomic E-state index is 14.7. The summed E-state index contributed by atoms with van der Waals surface area (Å²) in [5.41, 5.74) is 1.41. The van der Waals surface area contributed by atoms with Crippen molar-refractivity contribution in [3.05, 3.63) is 114 Å². The Bertz CT molecular complexity index is 1190. The average molecular weight is 408 g/mol. The molecule has 4 aromatic rings. The van der Waals surface area contributed by atoms with Crippen molar-refractivity contribution in [1.82, 2.24) is 0 Å². The summed E-state index contributed by atoms with van der Waals surface area (Å²) in [7, 11) is 0. The van der Waals surface area contributed by atoms with Gasteiger partial charge in [-0.2, -0.15) is 4.39 Å². The van der Waals surface area contributed by atoms with Crippen molar-refractivity contribution in [2.75, 3.05) is 0 Å². The van der Waals surface area contributed by atoms with Gasteiger partial charge in [-0.05, 0) is 47.0 Å². The van der Waals surface area contributed by atoms with Crippen molar-refractivity contribution < 1.29 is 22.3 Å². The second kappa shape index (κ2) is 8.41. The van der Waals surface area contributed by atoms with Crippen LogP contribution in [0.5, 0.6) is 5.75 Å². The Morgan fingerprint density at radius 1 is 0.600 bits per heavy atom. The molecule has 0 aliphatic rings. The van der Waals surface area contributed by atoms with E-state index in [1.165, 1.54) is 42.5 Å². The van der Waals surface area contributed by atoms with Gasteiger partial charge in [0.25, 0.3) is 0 Å². The van der Waals surface area contributed by atoms with Crippen molar-refractivity contribution in [3.8, 4) is 28.0 Å². The monoisotopic (exact) mass is 408 g/mol. The van der Waals surface area contributed by atoms with Gasteiger partial charge < -0.3 is 4.74 Å². The fraction of sp³-hybridized carbons (Fsp3) is 0.0400. The first-order chi connectivity index (χ1) is 14.5. The SMILES string of the molecule is Fc1cccc(-c2ccc(-c3ccc(OCc4ccccc4)c(F)c3F)cc2F)c1. The van der Waals surface area contributed by atoms with Gasteiger partial charge in [0.15, 0.2) is 11.6 Å². The van der Waals surface area contributed by atoms with Crippen molar-refractivity contribution in [2.45, 2.75) is 6.61 Å². The summed E-state index contributed by atoms with van der Waals surface area (Å²) in [5.74, 6) is -3.65. The molecule has 0 amide bonds. The molecule has 0 aliphatic heterocycles. The van der Waals surface area contributed by atoms with E-state index in [1.807, 2.05) is 30.3 Å². The molecule has 0 aliphatic carbocycles. The van der Waals surface area contributed by atoms with E-state index in [2.05, 4.69) is 0 Å². The largest absolute Gasteiger partial charge is 0.486 e. The van der Waals surface area contributed by atoms with Crippen molar-refractivity contribution in [3.63, 3.8) is 0 Å². The Hall–Kier alpha value is -3.60. The molecule has 0 saturated carbocycles. The van der Waals surface area contributed by atoms with Crippen LogP contribution in [0.1, 0.15) is 5.56 Å². The van der Waals surface area contributed by atoms with E-state index in [-0.39, 0.29) is 29.0 Å². The molecule has 0 N–H and O–H groups in total. The van der Waals surface area contributed by atoms with Gasteiger partial charge in [-0.15, -0.1) is 0 Å². The predicted octanol–water partition coefficient (Wildman–Crippen LogP) is 7.16. The molecule has 0 spiro atoms. The lowest BCUT2D eigenvalue weighted by Crippen LogP contribution is -2.00. The van der Waals surface area contributed by atoms with Crippen molar-refractivity contribution in [1.29, 1.82) is 0 Å². The van der Waals surface area contributed by atoms with E-state index in [9.17, 15) is 17.6 Å². The van der Waals surface area contributed by atoms with Crippen molar-refractivity contribution in [2.24, 2.45) is 0 Å². The van der Waals surface area contributed by atoms with Gasteiger partial charge >= 0.3 is 0 Å². The third-order valence-corrected chi connectivity index (χ3v) is 4.70. The smallest absolute Gasteiger partial charge is 0.201 e. The van der Waals surface area contributed by atoms with Crippen LogP contribution in [0, 0.1) is 23.3 Å². The molecule has 0 aromatic heterocycles. The van der Waals surface area contributed by atoms with Gasteiger partial charge in [0.05, 0.1) is 0 Å². The number of ether oxygens (including phenoxy) is 1. The van der Waals surface area contributed by atoms with Gasteiger partial charge in [-0.25, -0.2) is 13.2 Å². The van der Waals surface area contributed by atoms with Crippen LogP contribution in [-0.4, -0.2) is 0 Å². The standard InChI is InChI=1S/C25H16F4O/c26-19-8-4-7-17(13-19)20-10-9-18(14-22(20)27)21-11-12-23(25(29)24(21)28)30-15-16-5-2-1-3-6-16/h1-14H,15H2. The first-order valence-electron chi connectivity index (χ1n) is 9.23. The summed E-state index contributed by atoms with van der Waals surface area (Å²) in [5, 5.41) is 0. The van der Waals surface area contributed by atoms with Gasteiger partial charge in [0.2, 0.25) is 5.82 Å². The van der Waals surface area contributed by atoms with Crippen LogP contribution in [0.4, 0.5) is 17.6 Å². The Morgan fingerprint density at radius 3 is 2.07 bits per heavy atom. The second-order valence-electron chi connectivity index (χ2n) is 6.72. The third-order valence-electron chi connectivity index (χ3n) is 4.70. The zero-order valence-electron chi connectivity index (χ0n) is 15.7. The molecule has 0 atom stereocenters. The van der Waals surface area contributed by atoms with E-state index in [4.69, 9.17) is 4.74 Å². The lowest BCUT2D eigenvalue weighted by Gasteiger charge is -2.12. The van der Waals surface area contributed by atoms with Crippen LogP contribution >= 0.6 is 0 Å². The van der Waals surface area contributed by atoms with E-state index in [0.29, 0.717) is 5.56 Å². The highest BCUT2D eigenvalue weighted by molar-refractivity contribution is 5.71. The third kappa shape index (κ3) is 4.06. The predicted molar refractivity (Wildman–Crippen MR) is 108 cm³/mol. The highest BCUT2D eigenvalue weighted by Crippen LogP contribution is 2.33. The lowest BCUT2D eigenvalue weighted by atomic mass is 9.99. The summed E-state index contributed by atoms with van der Waals surface area (Å²) in [6, 6.07) is 21.2. The normalized spacial score (nSPS) is 10.8. The molecule has 1 nitrogen and oxygen atoms in total. The first-order valence-corrected chi connectivity index (χ1v) is 9.23. The van der Waals surface area contributed by atoms with Crippen LogP contribution in [-0.2, 0) is 6.61 Å². The molecule has 0 fully saturated rings. The molecule has 0 bridgehead atoms. The van der Waals surface area contributed by atoms with Gasteiger partial charge in [0.1, 0.15) is 18.2 Å². The fourth-order valence-corrected chi connectivity index (χ4v) is 3.17. The van der Waals surface area contributed by atoms with E-state index in [1.54, 1.807) is 6.07 Å². The van der Waals surface area contributed by atoms with Crippen LogP contribution in [0.3, 0.4) is 0 Å². The zero-order valence-corrected chi connectivity index (χ0v) is 15.7. The second-order valence-corrected chi connectivity index (χ2v) is 6.72. The Morgan fingerprint density at radius 2 is 1.33 bits per heavy atom. The highest BCUT2D eigenvalue weighted by atomic mass is 19.2. The molecule has 0 heterocycles. The summed E-state index contributed by atoms with van der Waals surface area (Å²) in [6.45, 7) is 0.0908. The quantitative estimate of drug-likeness (QED) is 0.319. The lowest BCUT2D eigenvalue weighted by molar-refractivity contribution is 0.285. The number of hydrogen-bond donors (Lipinski definition) is 0. The van der Waals surface area contributed by atoms with Gasteiger partial charge in [-0.1, -0.05) is 54.6 Å². The number of hydrogen-bond acceptors (Lipinski definition) is 1. The maximum atomic E-state index is 14.7. The number of rotatable bonds is 5. The fourth-order valence-electron chi connectivity index (χ4n) is 3.17. The minimum absolute atomic E-state index is 0.0908. The molecule has 4 rings (SSSR count). The summed E-state index contributed by atoms with van der Waals surface area (Å²) in [4.78, 5) is 0. The first kappa shape index (κ1) is 19.7. The van der Waals surface area contributed by atoms with Gasteiger partial charge in [0, 0.05) is 11.1 Å². The van der Waals surface area contributed by atoms with Crippen molar-refractivity contribution >= 4 is 0 Å². The molecule has 30 heavy (non-hydrogen) atoms. The van der Waals surface area contributed by atoms with Crippen LogP contribution in [0.15, 0.2) is 84.9 Å². The highest BCUT2D eigenvalue weighted by Gasteiger charge is 2.17. The van der Waals surface area contributed by atoms with Crippen LogP contribution in [0.25, 0.3) is 22.3 Å². The minimum Gasteiger partial charge on any atom is -0.486 e. The summed E-state index contributed by atoms with van der Waals surface area (Å²) >= 11 is 0. The Balaban J connectivity index is 1.61. The summed E-state index contributed by atoms with van der Waals surface area (Å²) < 4.78 is 62.6. The van der Waals surface area contributed by atoms with E-state index in [0.717, 1.165) is 11.6 Å². The minimum atomic E-state index is -1.14. The van der Waals surface area contributed by atoms with E-state index < -0.39 is 23.3 Å². The maximum Gasteiger partial charge on any atom is 0.201 e. The molecule has 0 radical (unpaired) electrons. The number of benzene rings is 4. The zero-order chi connectivity index (χ0) is 21.1. The van der Waals surface area contributed by atoms with Crippen LogP contribution < -0.4 is 4.74 Å². The molecule has 5 heteroatoms. The molecule has 0 unspecified atom stereocenters. The molecular formula is C25H16F4O. The topological polar surface area (TPSA) is 9.23 Å². The average Bonchev–Trinajstić information content (AvgIpc) is 2.75.